The lowest BCUT2D eigenvalue weighted by atomic mass is 10.1. The van der Waals surface area contributed by atoms with Crippen LogP contribution in [0.5, 0.6) is 5.75 Å². The summed E-state index contributed by atoms with van der Waals surface area (Å²) < 4.78 is 7.17. The van der Waals surface area contributed by atoms with Gasteiger partial charge in [-0.2, -0.15) is 5.10 Å². The van der Waals surface area contributed by atoms with E-state index in [1.807, 2.05) is 6.92 Å². The van der Waals surface area contributed by atoms with Crippen molar-refractivity contribution in [3.05, 3.63) is 11.4 Å². The number of aryl methyl sites for hydroxylation is 1. The van der Waals surface area contributed by atoms with Crippen LogP contribution in [0.15, 0.2) is 0 Å². The first-order valence-corrected chi connectivity index (χ1v) is 5.08. The van der Waals surface area contributed by atoms with Gasteiger partial charge in [-0.25, -0.2) is 0 Å². The highest BCUT2D eigenvalue weighted by atomic mass is 16.5. The molecule has 0 saturated heterocycles. The van der Waals surface area contributed by atoms with Gasteiger partial charge < -0.3 is 9.84 Å². The van der Waals surface area contributed by atoms with Gasteiger partial charge in [-0.1, -0.05) is 0 Å². The largest absolute Gasteiger partial charge is 0.489 e. The molecule has 15 heavy (non-hydrogen) atoms. The van der Waals surface area contributed by atoms with E-state index in [-0.39, 0.29) is 6.54 Å². The van der Waals surface area contributed by atoms with E-state index >= 15 is 0 Å². The highest BCUT2D eigenvalue weighted by Crippen LogP contribution is 2.54. The van der Waals surface area contributed by atoms with Crippen molar-refractivity contribution in [2.45, 2.75) is 25.8 Å². The number of carboxylic acids is 1. The zero-order chi connectivity index (χ0) is 10.6. The quantitative estimate of drug-likeness (QED) is 0.779. The number of rotatable bonds is 2. The minimum absolute atomic E-state index is 0.0667. The van der Waals surface area contributed by atoms with Crippen molar-refractivity contribution in [3.63, 3.8) is 0 Å². The third kappa shape index (κ3) is 1.22. The predicted molar refractivity (Wildman–Crippen MR) is 50.9 cm³/mol. The summed E-state index contributed by atoms with van der Waals surface area (Å²) in [5, 5.41) is 13.0. The molecule has 2 aliphatic rings. The molecule has 5 nitrogen and oxygen atoms in total. The van der Waals surface area contributed by atoms with Gasteiger partial charge >= 0.3 is 5.97 Å². The summed E-state index contributed by atoms with van der Waals surface area (Å²) in [4.78, 5) is 10.7. The van der Waals surface area contributed by atoms with Crippen LogP contribution in [0.2, 0.25) is 0 Å². The Morgan fingerprint density at radius 3 is 3.27 bits per heavy atom. The minimum Gasteiger partial charge on any atom is -0.489 e. The molecule has 3 rings (SSSR count). The Morgan fingerprint density at radius 2 is 2.53 bits per heavy atom. The lowest BCUT2D eigenvalue weighted by Crippen LogP contribution is -2.15. The SMILES string of the molecule is Cc1nn(CC(=O)O)c2c1OCC1CC21. The number of carboxylic acid groups (broad SMARTS) is 1. The molecule has 2 atom stereocenters. The molecular weight excluding hydrogens is 196 g/mol. The van der Waals surface area contributed by atoms with Gasteiger partial charge in [0.15, 0.2) is 5.75 Å². The maximum Gasteiger partial charge on any atom is 0.325 e. The van der Waals surface area contributed by atoms with Crippen molar-refractivity contribution >= 4 is 5.97 Å². The molecular formula is C10H12N2O3. The van der Waals surface area contributed by atoms with Crippen molar-refractivity contribution in [1.82, 2.24) is 9.78 Å². The summed E-state index contributed by atoms with van der Waals surface area (Å²) in [6, 6.07) is 0. The fourth-order valence-corrected chi connectivity index (χ4v) is 2.33. The molecule has 1 aromatic rings. The highest BCUT2D eigenvalue weighted by Gasteiger charge is 2.47. The molecule has 5 heteroatoms. The highest BCUT2D eigenvalue weighted by molar-refractivity contribution is 5.66. The molecule has 1 saturated carbocycles. The minimum atomic E-state index is -0.858. The maximum atomic E-state index is 10.7. The average Bonchev–Trinajstić information content (AvgIpc) is 2.87. The average molecular weight is 208 g/mol. The van der Waals surface area contributed by atoms with E-state index in [1.54, 1.807) is 4.68 Å². The van der Waals surface area contributed by atoms with Crippen LogP contribution in [-0.4, -0.2) is 27.5 Å². The van der Waals surface area contributed by atoms with Crippen LogP contribution in [0.25, 0.3) is 0 Å². The zero-order valence-electron chi connectivity index (χ0n) is 8.43. The number of hydrogen-bond donors (Lipinski definition) is 1. The predicted octanol–water partition coefficient (Wildman–Crippen LogP) is 0.772. The van der Waals surface area contributed by atoms with Crippen LogP contribution in [-0.2, 0) is 11.3 Å². The van der Waals surface area contributed by atoms with Crippen LogP contribution in [0.3, 0.4) is 0 Å². The maximum absolute atomic E-state index is 10.7. The Balaban J connectivity index is 2.04. The molecule has 1 N–H and O–H groups in total. The third-order valence-electron chi connectivity index (χ3n) is 3.11. The van der Waals surface area contributed by atoms with E-state index in [0.29, 0.717) is 11.8 Å². The normalized spacial score (nSPS) is 26.5. The van der Waals surface area contributed by atoms with Gasteiger partial charge in [0.25, 0.3) is 0 Å². The molecule has 0 amide bonds. The number of carbonyl (C=O) groups is 1. The van der Waals surface area contributed by atoms with Gasteiger partial charge in [0.05, 0.1) is 12.3 Å². The number of ether oxygens (including phenoxy) is 1. The Hall–Kier alpha value is -1.52. The van der Waals surface area contributed by atoms with Crippen molar-refractivity contribution in [2.75, 3.05) is 6.61 Å². The summed E-state index contributed by atoms with van der Waals surface area (Å²) in [6.07, 6.45) is 1.11. The van der Waals surface area contributed by atoms with E-state index in [2.05, 4.69) is 5.10 Å². The summed E-state index contributed by atoms with van der Waals surface area (Å²) in [5.74, 6) is 1.02. The van der Waals surface area contributed by atoms with E-state index in [1.165, 1.54) is 0 Å². The lowest BCUT2D eigenvalue weighted by molar-refractivity contribution is -0.137. The molecule has 1 aliphatic carbocycles. The second-order valence-corrected chi connectivity index (χ2v) is 4.26. The summed E-state index contributed by atoms with van der Waals surface area (Å²) >= 11 is 0. The Labute approximate surface area is 86.7 Å². The molecule has 1 aromatic heterocycles. The van der Waals surface area contributed by atoms with Crippen LogP contribution >= 0.6 is 0 Å². The van der Waals surface area contributed by atoms with Crippen molar-refractivity contribution in [1.29, 1.82) is 0 Å². The van der Waals surface area contributed by atoms with E-state index in [0.717, 1.165) is 30.2 Å². The zero-order valence-corrected chi connectivity index (χ0v) is 8.43. The molecule has 0 aromatic carbocycles. The van der Waals surface area contributed by atoms with Gasteiger partial charge in [-0.15, -0.1) is 0 Å². The fourth-order valence-electron chi connectivity index (χ4n) is 2.33. The van der Waals surface area contributed by atoms with E-state index < -0.39 is 5.97 Å². The van der Waals surface area contributed by atoms with Crippen LogP contribution < -0.4 is 4.74 Å². The topological polar surface area (TPSA) is 64.4 Å². The molecule has 0 radical (unpaired) electrons. The first kappa shape index (κ1) is 8.76. The number of aromatic nitrogens is 2. The third-order valence-corrected chi connectivity index (χ3v) is 3.11. The van der Waals surface area contributed by atoms with Crippen LogP contribution in [0, 0.1) is 12.8 Å². The molecule has 1 aliphatic heterocycles. The number of nitrogens with zero attached hydrogens (tertiary/aromatic N) is 2. The van der Waals surface area contributed by atoms with Crippen molar-refractivity contribution in [2.24, 2.45) is 5.92 Å². The molecule has 80 valence electrons. The summed E-state index contributed by atoms with van der Waals surface area (Å²) in [6.45, 7) is 2.56. The Bertz CT molecular complexity index is 438. The number of fused-ring (bicyclic) bond motifs is 3. The van der Waals surface area contributed by atoms with Gasteiger partial charge in [0.1, 0.15) is 12.2 Å². The second-order valence-electron chi connectivity index (χ2n) is 4.26. The van der Waals surface area contributed by atoms with Crippen LogP contribution in [0.1, 0.15) is 23.7 Å². The molecule has 0 bridgehead atoms. The summed E-state index contributed by atoms with van der Waals surface area (Å²) in [7, 11) is 0. The van der Waals surface area contributed by atoms with Crippen molar-refractivity contribution < 1.29 is 14.6 Å². The van der Waals surface area contributed by atoms with Gasteiger partial charge in [0.2, 0.25) is 0 Å². The number of aliphatic carboxylic acids is 1. The lowest BCUT2D eigenvalue weighted by Gasteiger charge is -2.14. The Kier molecular flexibility index (Phi) is 1.60. The van der Waals surface area contributed by atoms with Crippen LogP contribution in [0.4, 0.5) is 0 Å². The second kappa shape index (κ2) is 2.74. The van der Waals surface area contributed by atoms with Crippen molar-refractivity contribution in [3.8, 4) is 5.75 Å². The Morgan fingerprint density at radius 1 is 1.73 bits per heavy atom. The standard InChI is InChI=1S/C10H12N2O3/c1-5-10-9(7-2-6(7)4-15-10)12(11-5)3-8(13)14/h6-7H,2-4H2,1H3,(H,13,14). The van der Waals surface area contributed by atoms with Gasteiger partial charge in [-0.3, -0.25) is 9.48 Å². The van der Waals surface area contributed by atoms with Gasteiger partial charge in [0, 0.05) is 11.8 Å². The molecule has 0 spiro atoms. The van der Waals surface area contributed by atoms with E-state index in [4.69, 9.17) is 9.84 Å². The molecule has 2 unspecified atom stereocenters. The first-order valence-electron chi connectivity index (χ1n) is 5.08. The molecule has 2 heterocycles. The fraction of sp³-hybridized carbons (Fsp3) is 0.600. The monoisotopic (exact) mass is 208 g/mol. The number of hydrogen-bond acceptors (Lipinski definition) is 3. The van der Waals surface area contributed by atoms with Gasteiger partial charge in [-0.05, 0) is 13.3 Å². The summed E-state index contributed by atoms with van der Waals surface area (Å²) in [5.41, 5.74) is 1.79. The molecule has 1 fully saturated rings. The van der Waals surface area contributed by atoms with E-state index in [9.17, 15) is 4.79 Å². The smallest absolute Gasteiger partial charge is 0.325 e. The first-order chi connectivity index (χ1) is 7.16.